The molecule has 0 amide bonds. The van der Waals surface area contributed by atoms with Gasteiger partial charge in [-0.15, -0.1) is 0 Å². The van der Waals surface area contributed by atoms with Gasteiger partial charge < -0.3 is 24.2 Å². The number of rotatable bonds is 55. The van der Waals surface area contributed by atoms with E-state index in [1.807, 2.05) is 12.2 Å². The van der Waals surface area contributed by atoms with Crippen molar-refractivity contribution in [2.24, 2.45) is 0 Å². The number of ether oxygens (including phenoxy) is 3. The first-order valence-electron chi connectivity index (χ1n) is 30.1. The minimum absolute atomic E-state index is 0.102. The molecule has 0 radical (unpaired) electrons. The first-order valence-corrected chi connectivity index (χ1v) is 31.6. The number of allylic oxidation sites excluding steroid dienone is 16. The summed E-state index contributed by atoms with van der Waals surface area (Å²) in [6.07, 6.45) is 68.1. The second-order valence-electron chi connectivity index (χ2n) is 19.7. The van der Waals surface area contributed by atoms with Gasteiger partial charge in [0.05, 0.1) is 19.8 Å². The molecule has 0 aliphatic rings. The standard InChI is InChI=1S/C64H109O11P/c1-4-7-10-13-16-19-22-25-27-29-30-32-34-37-40-43-46-49-52-55-64(68)75-61(57-71-62(66)53-50-47-44-41-38-35-24-21-18-15-12-9-6-3)59-73-76(69,70)72-58-60(56-65)74-63(67)54-51-48-45-42-39-36-33-31-28-26-23-20-17-14-11-8-5-2/h8-9,11-12,17-18,20-21,25-28,35,38,44,47,60-61,65H,4-7,10,13-16,19,22-24,29-34,36-37,39-43,45-46,48-59H2,1-3H3,(H,69,70)/b11-8-,12-9-,20-17-,21-18-,27-25-,28-26-,38-35-,47-44-. The average Bonchev–Trinajstić information content (AvgIpc) is 3.41. The molecule has 0 aromatic rings. The molecule has 0 fully saturated rings. The van der Waals surface area contributed by atoms with Gasteiger partial charge >= 0.3 is 25.7 Å². The van der Waals surface area contributed by atoms with Gasteiger partial charge in [0, 0.05) is 19.3 Å². The Hall–Kier alpha value is -3.60. The molecular formula is C64H109O11P. The van der Waals surface area contributed by atoms with Crippen LogP contribution in [0.4, 0.5) is 0 Å². The molecule has 12 heteroatoms. The van der Waals surface area contributed by atoms with E-state index in [9.17, 15) is 28.9 Å². The van der Waals surface area contributed by atoms with Gasteiger partial charge in [0.15, 0.2) is 6.10 Å². The van der Waals surface area contributed by atoms with Gasteiger partial charge in [0.25, 0.3) is 0 Å². The Morgan fingerprint density at radius 3 is 1.12 bits per heavy atom. The van der Waals surface area contributed by atoms with Crippen LogP contribution in [0.3, 0.4) is 0 Å². The molecule has 0 saturated heterocycles. The highest BCUT2D eigenvalue weighted by Gasteiger charge is 2.28. The van der Waals surface area contributed by atoms with Crippen LogP contribution in [0, 0.1) is 0 Å². The lowest BCUT2D eigenvalue weighted by atomic mass is 10.1. The maximum atomic E-state index is 12.9. The minimum Gasteiger partial charge on any atom is -0.462 e. The summed E-state index contributed by atoms with van der Waals surface area (Å²) >= 11 is 0. The van der Waals surface area contributed by atoms with Gasteiger partial charge in [-0.25, -0.2) is 4.57 Å². The molecule has 0 aliphatic carbocycles. The van der Waals surface area contributed by atoms with Crippen LogP contribution in [-0.2, 0) is 42.2 Å². The van der Waals surface area contributed by atoms with Crippen LogP contribution >= 0.6 is 7.82 Å². The number of phosphoric ester groups is 1. The van der Waals surface area contributed by atoms with E-state index in [0.717, 1.165) is 96.3 Å². The number of carbonyl (C=O) groups excluding carboxylic acids is 3. The average molecular weight is 1090 g/mol. The molecule has 0 rings (SSSR count). The largest absolute Gasteiger partial charge is 0.472 e. The van der Waals surface area contributed by atoms with Crippen molar-refractivity contribution in [3.8, 4) is 0 Å². The topological polar surface area (TPSA) is 155 Å². The van der Waals surface area contributed by atoms with Crippen molar-refractivity contribution in [3.63, 3.8) is 0 Å². The van der Waals surface area contributed by atoms with Crippen LogP contribution < -0.4 is 0 Å². The minimum atomic E-state index is -4.77. The number of aliphatic hydroxyl groups is 1. The third-order valence-electron chi connectivity index (χ3n) is 12.5. The molecule has 0 spiro atoms. The fourth-order valence-electron chi connectivity index (χ4n) is 7.97. The van der Waals surface area contributed by atoms with Crippen molar-refractivity contribution >= 4 is 25.7 Å². The maximum absolute atomic E-state index is 12.9. The lowest BCUT2D eigenvalue weighted by Gasteiger charge is -2.21. The van der Waals surface area contributed by atoms with E-state index < -0.39 is 57.8 Å². The van der Waals surface area contributed by atoms with E-state index in [4.69, 9.17) is 23.3 Å². The lowest BCUT2D eigenvalue weighted by molar-refractivity contribution is -0.161. The summed E-state index contributed by atoms with van der Waals surface area (Å²) in [7, 11) is -4.77. The summed E-state index contributed by atoms with van der Waals surface area (Å²) in [6, 6.07) is 0. The van der Waals surface area contributed by atoms with Crippen molar-refractivity contribution in [1.82, 2.24) is 0 Å². The number of esters is 3. The van der Waals surface area contributed by atoms with Gasteiger partial charge in [-0.3, -0.25) is 23.4 Å². The van der Waals surface area contributed by atoms with Crippen molar-refractivity contribution in [1.29, 1.82) is 0 Å². The molecule has 3 unspecified atom stereocenters. The van der Waals surface area contributed by atoms with Crippen LogP contribution in [0.25, 0.3) is 0 Å². The third kappa shape index (κ3) is 55.2. The SMILES string of the molecule is CC/C=C\C/C=C\C/C=C\C/C=C\CCC(=O)OCC(COP(=O)(O)OCC(CO)OC(=O)CCCCCCCCC/C=C\C/C=C\C/C=C\CC)OC(=O)CCCCCCCCCCC/C=C\CCCCCCCC. The van der Waals surface area contributed by atoms with Crippen molar-refractivity contribution in [3.05, 3.63) is 97.2 Å². The highest BCUT2D eigenvalue weighted by Crippen LogP contribution is 2.43. The predicted molar refractivity (Wildman–Crippen MR) is 316 cm³/mol. The Morgan fingerprint density at radius 1 is 0.382 bits per heavy atom. The zero-order valence-electron chi connectivity index (χ0n) is 48.2. The van der Waals surface area contributed by atoms with Crippen molar-refractivity contribution in [2.75, 3.05) is 26.4 Å². The third-order valence-corrected chi connectivity index (χ3v) is 13.4. The molecule has 2 N–H and O–H groups in total. The van der Waals surface area contributed by atoms with E-state index in [0.29, 0.717) is 19.3 Å². The maximum Gasteiger partial charge on any atom is 0.472 e. The number of hydrogen-bond donors (Lipinski definition) is 2. The molecule has 3 atom stereocenters. The second kappa shape index (κ2) is 57.6. The first-order chi connectivity index (χ1) is 37.2. The monoisotopic (exact) mass is 1080 g/mol. The van der Waals surface area contributed by atoms with E-state index in [-0.39, 0.29) is 25.9 Å². The summed E-state index contributed by atoms with van der Waals surface area (Å²) in [6.45, 7) is 4.33. The Bertz CT molecular complexity index is 1640. The Labute approximate surface area is 463 Å². The molecule has 0 aromatic heterocycles. The van der Waals surface area contributed by atoms with Crippen LogP contribution in [0.5, 0.6) is 0 Å². The molecule has 436 valence electrons. The van der Waals surface area contributed by atoms with E-state index >= 15 is 0 Å². The van der Waals surface area contributed by atoms with Crippen LogP contribution in [0.1, 0.15) is 252 Å². The number of hydrogen-bond acceptors (Lipinski definition) is 10. The van der Waals surface area contributed by atoms with Gasteiger partial charge in [0.1, 0.15) is 12.7 Å². The Kier molecular flexibility index (Phi) is 54.8. The molecule has 0 bridgehead atoms. The van der Waals surface area contributed by atoms with Gasteiger partial charge in [0.2, 0.25) is 0 Å². The highest BCUT2D eigenvalue weighted by molar-refractivity contribution is 7.47. The quantitative estimate of drug-likeness (QED) is 0.0197. The van der Waals surface area contributed by atoms with Gasteiger partial charge in [-0.2, -0.15) is 0 Å². The number of aliphatic hydroxyl groups excluding tert-OH is 1. The van der Waals surface area contributed by atoms with Gasteiger partial charge in [-0.1, -0.05) is 227 Å². The molecule has 0 aromatic carbocycles. The summed E-state index contributed by atoms with van der Waals surface area (Å²) in [5.74, 6) is -1.57. The highest BCUT2D eigenvalue weighted by atomic mass is 31.2. The molecule has 0 heterocycles. The number of carbonyl (C=O) groups is 3. The number of phosphoric acid groups is 1. The van der Waals surface area contributed by atoms with Gasteiger partial charge in [-0.05, 0) is 103 Å². The molecule has 0 aliphatic heterocycles. The van der Waals surface area contributed by atoms with Crippen LogP contribution in [0.15, 0.2) is 97.2 Å². The summed E-state index contributed by atoms with van der Waals surface area (Å²) in [4.78, 5) is 48.6. The zero-order chi connectivity index (χ0) is 55.5. The molecule has 0 saturated carbocycles. The number of unbranched alkanes of at least 4 members (excludes halogenated alkanes) is 22. The van der Waals surface area contributed by atoms with E-state index in [2.05, 4.69) is 106 Å². The summed E-state index contributed by atoms with van der Waals surface area (Å²) in [5, 5.41) is 9.83. The molecule has 11 nitrogen and oxygen atoms in total. The summed E-state index contributed by atoms with van der Waals surface area (Å²) < 4.78 is 39.5. The van der Waals surface area contributed by atoms with Crippen LogP contribution in [0.2, 0.25) is 0 Å². The summed E-state index contributed by atoms with van der Waals surface area (Å²) in [5.41, 5.74) is 0. The van der Waals surface area contributed by atoms with Crippen molar-refractivity contribution in [2.45, 2.75) is 264 Å². The van der Waals surface area contributed by atoms with Crippen LogP contribution in [-0.4, -0.2) is 66.5 Å². The molecule has 76 heavy (non-hydrogen) atoms. The smallest absolute Gasteiger partial charge is 0.462 e. The fourth-order valence-corrected chi connectivity index (χ4v) is 8.75. The van der Waals surface area contributed by atoms with E-state index in [1.165, 1.54) is 96.3 Å². The Morgan fingerprint density at radius 2 is 0.711 bits per heavy atom. The van der Waals surface area contributed by atoms with Crippen molar-refractivity contribution < 1.29 is 52.2 Å². The Balaban J connectivity index is 4.74. The van der Waals surface area contributed by atoms with E-state index in [1.54, 1.807) is 0 Å². The fraction of sp³-hybridized carbons (Fsp3) is 0.703. The zero-order valence-corrected chi connectivity index (χ0v) is 49.1. The lowest BCUT2D eigenvalue weighted by Crippen LogP contribution is -2.30. The molecular weight excluding hydrogens is 976 g/mol. The predicted octanol–water partition coefficient (Wildman–Crippen LogP) is 18.0. The normalized spacial score (nSPS) is 14.0. The first kappa shape index (κ1) is 72.4. The second-order valence-corrected chi connectivity index (χ2v) is 21.2.